The number of rotatable bonds is 0. The number of hydrogen-bond donors (Lipinski definition) is 0. The Morgan fingerprint density at radius 1 is 1.50 bits per heavy atom. The van der Waals surface area contributed by atoms with E-state index in [-0.39, 0.29) is 0 Å². The van der Waals surface area contributed by atoms with Crippen molar-refractivity contribution in [1.29, 1.82) is 10.5 Å². The Balaban J connectivity index is 0. The molecule has 0 aromatic rings. The maximum atomic E-state index is 7.79. The van der Waals surface area contributed by atoms with E-state index < -0.39 is 0 Å². The van der Waals surface area contributed by atoms with Crippen LogP contribution in [0.5, 0.6) is 0 Å². The van der Waals surface area contributed by atoms with Crippen LogP contribution >= 0.6 is 0 Å². The Kier molecular flexibility index (Phi) is 11.8. The van der Waals surface area contributed by atoms with Gasteiger partial charge in [0.2, 0.25) is 0 Å². The van der Waals surface area contributed by atoms with Gasteiger partial charge in [-0.15, -0.1) is 0 Å². The molecule has 0 fully saturated rings. The van der Waals surface area contributed by atoms with Crippen molar-refractivity contribution in [2.75, 3.05) is 0 Å². The number of hydrogen-bond acceptors (Lipinski definition) is 2. The first-order valence-electron chi connectivity index (χ1n) is 2.75. The average Bonchev–Trinajstić information content (AvgIpc) is 1.91. The first kappa shape index (κ1) is 11.3. The van der Waals surface area contributed by atoms with Crippen molar-refractivity contribution in [3.8, 4) is 12.1 Å². The molecule has 0 aliphatic rings. The first-order chi connectivity index (χ1) is 4.68. The van der Waals surface area contributed by atoms with Crippen molar-refractivity contribution in [3.05, 3.63) is 24.3 Å². The van der Waals surface area contributed by atoms with Crippen molar-refractivity contribution in [2.24, 2.45) is 0 Å². The minimum atomic E-state index is 0.560. The summed E-state index contributed by atoms with van der Waals surface area (Å²) >= 11 is 0. The fourth-order valence-corrected chi connectivity index (χ4v) is 0.0745. The summed E-state index contributed by atoms with van der Waals surface area (Å²) in [6, 6.07) is 3.67. The highest BCUT2D eigenvalue weighted by atomic mass is 14.2. The summed E-state index contributed by atoms with van der Waals surface area (Å²) in [6.45, 7) is 6.79. The van der Waals surface area contributed by atoms with Crippen LogP contribution in [0.2, 0.25) is 0 Å². The molecule has 0 aliphatic carbocycles. The molecule has 0 bridgehead atoms. The highest BCUT2D eigenvalue weighted by molar-refractivity contribution is 5.11. The zero-order valence-corrected chi connectivity index (χ0v) is 6.26. The van der Waals surface area contributed by atoms with E-state index in [9.17, 15) is 0 Å². The van der Waals surface area contributed by atoms with Gasteiger partial charge in [0.15, 0.2) is 0 Å². The smallest absolute Gasteiger partial charge is 0.0937 e. The highest BCUT2D eigenvalue weighted by Crippen LogP contribution is 1.74. The normalized spacial score (nSPS) is 6.80. The minimum absolute atomic E-state index is 0.560. The summed E-state index contributed by atoms with van der Waals surface area (Å²) in [7, 11) is 0. The zero-order chi connectivity index (χ0) is 8.41. The van der Waals surface area contributed by atoms with Gasteiger partial charge < -0.3 is 0 Å². The van der Waals surface area contributed by atoms with Crippen molar-refractivity contribution < 1.29 is 0 Å². The van der Waals surface area contributed by atoms with Crippen LogP contribution in [0, 0.1) is 22.7 Å². The van der Waals surface area contributed by atoms with E-state index in [1.807, 2.05) is 19.1 Å². The standard InChI is InChI=1S/2C4H5N/c1-4(2)3-5;1-2-3-4-5/h1H2,2H3;2-3H,1H3/b;3-2+. The lowest BCUT2D eigenvalue weighted by molar-refractivity contribution is 1.46. The maximum Gasteiger partial charge on any atom is 0.0937 e. The third kappa shape index (κ3) is 31.8. The van der Waals surface area contributed by atoms with Crippen LogP contribution in [-0.2, 0) is 0 Å². The van der Waals surface area contributed by atoms with E-state index in [4.69, 9.17) is 10.5 Å². The molecule has 0 N–H and O–H groups in total. The summed E-state index contributed by atoms with van der Waals surface area (Å²) in [5.41, 5.74) is 0.560. The molecule has 0 heterocycles. The van der Waals surface area contributed by atoms with Gasteiger partial charge in [0.1, 0.15) is 0 Å². The molecule has 0 aromatic heterocycles. The van der Waals surface area contributed by atoms with Gasteiger partial charge in [-0.2, -0.15) is 10.5 Å². The van der Waals surface area contributed by atoms with E-state index in [1.165, 1.54) is 6.08 Å². The van der Waals surface area contributed by atoms with Gasteiger partial charge in [-0.1, -0.05) is 12.7 Å². The fourth-order valence-electron chi connectivity index (χ4n) is 0.0745. The third-order valence-electron chi connectivity index (χ3n) is 0.432. The van der Waals surface area contributed by atoms with Crippen LogP contribution in [0.15, 0.2) is 24.3 Å². The Hall–Kier alpha value is -1.54. The maximum absolute atomic E-state index is 7.79. The van der Waals surface area contributed by atoms with Crippen LogP contribution in [0.3, 0.4) is 0 Å². The Bertz CT molecular complexity index is 188. The third-order valence-corrected chi connectivity index (χ3v) is 0.432. The molecule has 0 saturated carbocycles. The molecular formula is C8H10N2. The Morgan fingerprint density at radius 3 is 1.90 bits per heavy atom. The van der Waals surface area contributed by atoms with Gasteiger partial charge in [-0.25, -0.2) is 0 Å². The van der Waals surface area contributed by atoms with Crippen molar-refractivity contribution in [3.63, 3.8) is 0 Å². The molecule has 0 amide bonds. The molecule has 10 heavy (non-hydrogen) atoms. The largest absolute Gasteiger partial charge is 0.193 e. The van der Waals surface area contributed by atoms with Gasteiger partial charge in [0.05, 0.1) is 12.1 Å². The Morgan fingerprint density at radius 2 is 1.90 bits per heavy atom. The molecule has 0 unspecified atom stereocenters. The van der Waals surface area contributed by atoms with E-state index in [0.29, 0.717) is 5.57 Å². The first-order valence-corrected chi connectivity index (χ1v) is 2.75. The lowest BCUT2D eigenvalue weighted by Gasteiger charge is -1.61. The van der Waals surface area contributed by atoms with Crippen molar-refractivity contribution in [2.45, 2.75) is 13.8 Å². The highest BCUT2D eigenvalue weighted by Gasteiger charge is 1.64. The molecule has 2 heteroatoms. The van der Waals surface area contributed by atoms with E-state index >= 15 is 0 Å². The summed E-state index contributed by atoms with van der Waals surface area (Å²) in [5, 5.41) is 15.5. The number of nitriles is 2. The van der Waals surface area contributed by atoms with Gasteiger partial charge in [-0.05, 0) is 13.8 Å². The van der Waals surface area contributed by atoms with Gasteiger partial charge in [0.25, 0.3) is 0 Å². The molecule has 0 aromatic carbocycles. The van der Waals surface area contributed by atoms with E-state index in [0.717, 1.165) is 0 Å². The van der Waals surface area contributed by atoms with Crippen molar-refractivity contribution in [1.82, 2.24) is 0 Å². The molecule has 0 aliphatic heterocycles. The topological polar surface area (TPSA) is 47.6 Å². The van der Waals surface area contributed by atoms with E-state index in [2.05, 4.69) is 6.58 Å². The van der Waals surface area contributed by atoms with Gasteiger partial charge >= 0.3 is 0 Å². The zero-order valence-electron chi connectivity index (χ0n) is 6.26. The summed E-state index contributed by atoms with van der Waals surface area (Å²) in [6.07, 6.45) is 3.12. The quantitative estimate of drug-likeness (QED) is 0.476. The molecule has 52 valence electrons. The Labute approximate surface area is 61.7 Å². The number of allylic oxidation sites excluding steroid dienone is 3. The second kappa shape index (κ2) is 10.4. The summed E-state index contributed by atoms with van der Waals surface area (Å²) in [4.78, 5) is 0. The molecule has 0 atom stereocenters. The number of nitrogens with zero attached hydrogens (tertiary/aromatic N) is 2. The van der Waals surface area contributed by atoms with Crippen LogP contribution in [-0.4, -0.2) is 0 Å². The predicted molar refractivity (Wildman–Crippen MR) is 40.9 cm³/mol. The molecule has 0 rings (SSSR count). The molecule has 0 saturated heterocycles. The van der Waals surface area contributed by atoms with Crippen LogP contribution < -0.4 is 0 Å². The second-order valence-corrected chi connectivity index (χ2v) is 1.52. The molecular weight excluding hydrogens is 124 g/mol. The van der Waals surface area contributed by atoms with Crippen LogP contribution in [0.25, 0.3) is 0 Å². The summed E-state index contributed by atoms with van der Waals surface area (Å²) in [5.74, 6) is 0. The van der Waals surface area contributed by atoms with Gasteiger partial charge in [0, 0.05) is 11.6 Å². The monoisotopic (exact) mass is 134 g/mol. The average molecular weight is 134 g/mol. The molecule has 0 spiro atoms. The van der Waals surface area contributed by atoms with Crippen LogP contribution in [0.4, 0.5) is 0 Å². The minimum Gasteiger partial charge on any atom is -0.193 e. The molecule has 0 radical (unpaired) electrons. The lowest BCUT2D eigenvalue weighted by atomic mass is 10.4. The van der Waals surface area contributed by atoms with Crippen LogP contribution in [0.1, 0.15) is 13.8 Å². The fraction of sp³-hybridized carbons (Fsp3) is 0.250. The van der Waals surface area contributed by atoms with E-state index in [1.54, 1.807) is 13.0 Å². The van der Waals surface area contributed by atoms with Crippen molar-refractivity contribution >= 4 is 0 Å². The predicted octanol–water partition coefficient (Wildman–Crippen LogP) is 2.17. The molecule has 2 nitrogen and oxygen atoms in total. The lowest BCUT2D eigenvalue weighted by Crippen LogP contribution is -1.51. The summed E-state index contributed by atoms with van der Waals surface area (Å²) < 4.78 is 0. The SMILES string of the molecule is C/C=C/C#N.C=C(C)C#N. The second-order valence-electron chi connectivity index (χ2n) is 1.52. The van der Waals surface area contributed by atoms with Gasteiger partial charge in [-0.3, -0.25) is 0 Å².